The van der Waals surface area contributed by atoms with Gasteiger partial charge in [-0.05, 0) is 118 Å². The number of pyridine rings is 1. The molecule has 2 unspecified atom stereocenters. The number of nitrogens with zero attached hydrogens (tertiary/aromatic N) is 4. The van der Waals surface area contributed by atoms with Gasteiger partial charge in [0.15, 0.2) is 30.4 Å². The second-order valence-corrected chi connectivity index (χ2v) is 23.5. The summed E-state index contributed by atoms with van der Waals surface area (Å²) in [5, 5.41) is 43.1. The first-order valence-corrected chi connectivity index (χ1v) is 27.7. The highest BCUT2D eigenvalue weighted by Crippen LogP contribution is 2.45. The number of fused-ring (bicyclic) bond motifs is 2. The van der Waals surface area contributed by atoms with Crippen LogP contribution in [-0.2, 0) is 58.6 Å². The monoisotopic (exact) mass is 1120 g/mol. The zero-order chi connectivity index (χ0) is 58.6. The molecule has 4 N–H and O–H groups in total. The summed E-state index contributed by atoms with van der Waals surface area (Å²) in [7, 11) is 8.67. The van der Waals surface area contributed by atoms with Gasteiger partial charge in [0.1, 0.15) is 29.4 Å². The highest BCUT2D eigenvalue weighted by molar-refractivity contribution is 5.93. The molecule has 4 aliphatic heterocycles. The summed E-state index contributed by atoms with van der Waals surface area (Å²) in [5.74, 6) is -6.04. The number of carboxylic acids is 1. The second-order valence-electron chi connectivity index (χ2n) is 23.5. The topological polar surface area (TPSA) is 282 Å². The SMILES string of the molecule is CC[C@H]1OC(=O)[C@H](C)[C@@H](O[C@H]2C[C@@](C)(OC)[C@@H](OC(=O)CCNCCCc3ccc4c(c3)c(=O)c(C(=O)O)cn4N(C)C)[C@H](C)O2)[C@H](C)[C@@H](O[C@@H]2O[C@H](C)C[C@H](N(C)C)[C@H]2O)[C@](C)(O)C[C@@H](C)C(N=O)C(C)[C@H]2OC(=O)O[C@@]21C. The van der Waals surface area contributed by atoms with Crippen LogP contribution in [0, 0.1) is 28.6 Å². The van der Waals surface area contributed by atoms with Crippen LogP contribution in [0.3, 0.4) is 0 Å². The van der Waals surface area contributed by atoms with Gasteiger partial charge < -0.3 is 73.2 Å². The van der Waals surface area contributed by atoms with E-state index < -0.39 is 131 Å². The van der Waals surface area contributed by atoms with Gasteiger partial charge in [-0.2, -0.15) is 4.91 Å². The van der Waals surface area contributed by atoms with E-state index in [-0.39, 0.29) is 43.4 Å². The van der Waals surface area contributed by atoms with Gasteiger partial charge in [0.05, 0.1) is 47.9 Å². The van der Waals surface area contributed by atoms with Crippen LogP contribution in [0.1, 0.15) is 124 Å². The number of nitrogens with one attached hydrogen (secondary N) is 1. The molecule has 0 saturated carbocycles. The lowest BCUT2D eigenvalue weighted by Gasteiger charge is -2.49. The van der Waals surface area contributed by atoms with Gasteiger partial charge in [0.2, 0.25) is 5.43 Å². The van der Waals surface area contributed by atoms with Crippen molar-refractivity contribution in [2.75, 3.05) is 53.4 Å². The minimum Gasteiger partial charge on any atom is -0.477 e. The van der Waals surface area contributed by atoms with Crippen molar-refractivity contribution in [3.63, 3.8) is 0 Å². The number of aryl methyl sites for hydroxylation is 1. The van der Waals surface area contributed by atoms with Crippen LogP contribution in [0.2, 0.25) is 0 Å². The highest BCUT2D eigenvalue weighted by Gasteiger charge is 2.60. The van der Waals surface area contributed by atoms with E-state index in [9.17, 15) is 44.2 Å². The largest absolute Gasteiger partial charge is 0.509 e. The molecule has 5 heterocycles. The molecule has 23 heteroatoms. The number of esters is 2. The Hall–Kier alpha value is -4.85. The number of aromatic carboxylic acids is 1. The highest BCUT2D eigenvalue weighted by atomic mass is 16.8. The molecule has 444 valence electrons. The Kier molecular flexibility index (Phi) is 20.8. The predicted molar refractivity (Wildman–Crippen MR) is 289 cm³/mol. The van der Waals surface area contributed by atoms with Gasteiger partial charge in [-0.25, -0.2) is 9.59 Å². The number of hydrogen-bond donors (Lipinski definition) is 4. The number of aliphatic hydroxyl groups is 2. The maximum absolute atomic E-state index is 14.7. The summed E-state index contributed by atoms with van der Waals surface area (Å²) in [4.78, 5) is 80.9. The first-order valence-electron chi connectivity index (χ1n) is 27.7. The van der Waals surface area contributed by atoms with Crippen LogP contribution in [-0.4, -0.2) is 188 Å². The van der Waals surface area contributed by atoms with E-state index in [1.807, 2.05) is 32.0 Å². The number of carbonyl (C=O) groups is 4. The zero-order valence-electron chi connectivity index (χ0n) is 48.7. The van der Waals surface area contributed by atoms with Crippen molar-refractivity contribution < 1.29 is 77.1 Å². The van der Waals surface area contributed by atoms with Crippen LogP contribution in [0.5, 0.6) is 0 Å². The molecule has 2 aromatic rings. The number of likely N-dealkylation sites (N-methyl/N-ethyl adjacent to an activating group) is 1. The van der Waals surface area contributed by atoms with E-state index in [2.05, 4.69) is 10.5 Å². The smallest absolute Gasteiger partial charge is 0.477 e. The van der Waals surface area contributed by atoms with E-state index in [0.717, 1.165) is 5.56 Å². The fraction of sp³-hybridized carbons (Fsp3) is 0.768. The van der Waals surface area contributed by atoms with Crippen LogP contribution >= 0.6 is 0 Å². The van der Waals surface area contributed by atoms with E-state index in [4.69, 9.17) is 42.6 Å². The number of hydrogen-bond acceptors (Lipinski definition) is 21. The molecule has 0 bridgehead atoms. The molecule has 6 rings (SSSR count). The maximum atomic E-state index is 14.7. The van der Waals surface area contributed by atoms with Gasteiger partial charge in [0.25, 0.3) is 0 Å². The van der Waals surface area contributed by atoms with Crippen LogP contribution in [0.4, 0.5) is 4.79 Å². The van der Waals surface area contributed by atoms with Crippen molar-refractivity contribution in [1.29, 1.82) is 0 Å². The third-order valence-corrected chi connectivity index (χ3v) is 16.9. The molecule has 79 heavy (non-hydrogen) atoms. The molecular formula is C56H87N5O18. The number of aliphatic hydroxyl groups excluding tert-OH is 1. The summed E-state index contributed by atoms with van der Waals surface area (Å²) < 4.78 is 58.1. The molecule has 4 saturated heterocycles. The number of carbonyl (C=O) groups excluding carboxylic acids is 3. The Labute approximate surface area is 463 Å². The Morgan fingerprint density at radius 2 is 1.63 bits per heavy atom. The third-order valence-electron chi connectivity index (χ3n) is 16.9. The molecule has 4 aliphatic rings. The van der Waals surface area contributed by atoms with Crippen molar-refractivity contribution in [2.45, 2.75) is 204 Å². The zero-order valence-corrected chi connectivity index (χ0v) is 48.7. The van der Waals surface area contributed by atoms with Gasteiger partial charge in [-0.3, -0.25) is 19.1 Å². The van der Waals surface area contributed by atoms with E-state index in [1.54, 1.807) is 98.2 Å². The van der Waals surface area contributed by atoms with Gasteiger partial charge in [0, 0.05) is 63.6 Å². The van der Waals surface area contributed by atoms with E-state index in [1.165, 1.54) is 13.3 Å². The molecule has 0 spiro atoms. The summed E-state index contributed by atoms with van der Waals surface area (Å²) in [6.07, 6.45) is -8.01. The molecule has 19 atom stereocenters. The maximum Gasteiger partial charge on any atom is 0.509 e. The number of cyclic esters (lactones) is 1. The first kappa shape index (κ1) is 63.3. The van der Waals surface area contributed by atoms with Gasteiger partial charge in [-0.1, -0.05) is 38.9 Å². The number of benzene rings is 1. The minimum atomic E-state index is -1.84. The van der Waals surface area contributed by atoms with Crippen molar-refractivity contribution in [3.8, 4) is 0 Å². The quantitative estimate of drug-likeness (QED) is 0.0668. The number of carboxylic acid groups (broad SMARTS) is 1. The summed E-state index contributed by atoms with van der Waals surface area (Å²) in [6.45, 7) is 17.9. The van der Waals surface area contributed by atoms with Crippen molar-refractivity contribution in [2.24, 2.45) is 28.8 Å². The molecule has 0 aliphatic carbocycles. The van der Waals surface area contributed by atoms with Crippen molar-refractivity contribution in [3.05, 3.63) is 50.7 Å². The average molecular weight is 1120 g/mol. The average Bonchev–Trinajstić information content (AvgIpc) is 3.76. The first-order chi connectivity index (χ1) is 37.0. The van der Waals surface area contributed by atoms with Crippen molar-refractivity contribution >= 4 is 35.0 Å². The number of nitroso groups, excluding NO2 is 1. The number of ether oxygens (including phenoxy) is 9. The van der Waals surface area contributed by atoms with Gasteiger partial charge in [-0.15, -0.1) is 0 Å². The molecule has 0 amide bonds. The Morgan fingerprint density at radius 1 is 0.937 bits per heavy atom. The summed E-state index contributed by atoms with van der Waals surface area (Å²) >= 11 is 0. The fourth-order valence-electron chi connectivity index (χ4n) is 12.5. The molecule has 1 aromatic carbocycles. The Morgan fingerprint density at radius 3 is 2.25 bits per heavy atom. The number of rotatable bonds is 18. The molecular weight excluding hydrogens is 1030 g/mol. The standard InChI is InChI=1S/C56H87N5O18/c1-16-40-56(10)48(78-53(68)79-56)31(4)43(58-70)29(2)26-54(8,69)47(77-52-45(64)39(59(11)12)24-30(3)72-52)32(5)46(33(6)51(67)74-40)76-42-27-55(9,71-15)49(34(7)73-42)75-41(62)21-23-57-22-17-18-35-19-20-38-36(25-35)44(63)37(50(65)66)28-61(38)60(13)14/h19-20,25,28-34,39-40,42-43,45-49,52,57,64,69H,16-18,21-24,26-27H2,1-15H3,(H,65,66)/t29-,30-,31?,32+,33-,34+,39+,40-,42+,43?,45-,46+,47-,48-,49+,52+,54-,55-,56-/m1/s1. The lowest BCUT2D eigenvalue weighted by Crippen LogP contribution is -2.61. The van der Waals surface area contributed by atoms with Crippen LogP contribution < -0.4 is 15.8 Å². The van der Waals surface area contributed by atoms with E-state index >= 15 is 0 Å². The van der Waals surface area contributed by atoms with Crippen LogP contribution in [0.25, 0.3) is 10.9 Å². The molecule has 4 fully saturated rings. The molecule has 1 aromatic heterocycles. The minimum absolute atomic E-state index is 0.00499. The number of aromatic nitrogens is 1. The van der Waals surface area contributed by atoms with Crippen molar-refractivity contribution in [1.82, 2.24) is 14.9 Å². The normalized spacial score (nSPS) is 37.5. The molecule has 23 nitrogen and oxygen atoms in total. The lowest BCUT2D eigenvalue weighted by atomic mass is 9.72. The fourth-order valence-corrected chi connectivity index (χ4v) is 12.5. The lowest BCUT2D eigenvalue weighted by molar-refractivity contribution is -0.319. The Balaban J connectivity index is 1.20. The molecule has 0 radical (unpaired) electrons. The Bertz CT molecular complexity index is 2530. The predicted octanol–water partition coefficient (Wildman–Crippen LogP) is 4.91. The van der Waals surface area contributed by atoms with E-state index in [0.29, 0.717) is 43.3 Å². The van der Waals surface area contributed by atoms with Crippen LogP contribution in [0.15, 0.2) is 34.4 Å². The summed E-state index contributed by atoms with van der Waals surface area (Å²) in [6, 6.07) is 4.00. The van der Waals surface area contributed by atoms with Gasteiger partial charge >= 0.3 is 24.1 Å². The third kappa shape index (κ3) is 13.9. The number of methoxy groups -OCH3 is 1. The summed E-state index contributed by atoms with van der Waals surface area (Å²) in [5.41, 5.74) is -4.00. The second kappa shape index (κ2) is 25.9.